The van der Waals surface area contributed by atoms with Gasteiger partial charge < -0.3 is 20.2 Å². The summed E-state index contributed by atoms with van der Waals surface area (Å²) >= 11 is 0. The number of primary amides is 1. The maximum atomic E-state index is 12.7. The van der Waals surface area contributed by atoms with E-state index in [9.17, 15) is 9.59 Å². The van der Waals surface area contributed by atoms with Crippen LogP contribution in [0.4, 0.5) is 0 Å². The molecule has 2 amide bonds. The van der Waals surface area contributed by atoms with Gasteiger partial charge in [-0.15, -0.1) is 0 Å². The zero-order chi connectivity index (χ0) is 19.5. The number of piperidine rings is 1. The van der Waals surface area contributed by atoms with Crippen LogP contribution < -0.4 is 11.1 Å². The van der Waals surface area contributed by atoms with E-state index in [1.54, 1.807) is 36.4 Å². The van der Waals surface area contributed by atoms with E-state index in [0.29, 0.717) is 24.5 Å². The second-order valence-electron chi connectivity index (χ2n) is 7.39. The predicted octanol–water partition coefficient (Wildman–Crippen LogP) is 2.03. The van der Waals surface area contributed by atoms with E-state index in [2.05, 4.69) is 10.2 Å². The summed E-state index contributed by atoms with van der Waals surface area (Å²) in [6.45, 7) is 3.37. The molecule has 0 aliphatic carbocycles. The molecule has 0 bridgehead atoms. The van der Waals surface area contributed by atoms with Gasteiger partial charge >= 0.3 is 0 Å². The summed E-state index contributed by atoms with van der Waals surface area (Å²) in [7, 11) is 0. The van der Waals surface area contributed by atoms with E-state index in [0.717, 1.165) is 18.7 Å². The van der Waals surface area contributed by atoms with E-state index in [1.165, 1.54) is 19.3 Å². The van der Waals surface area contributed by atoms with Crippen molar-refractivity contribution >= 4 is 11.8 Å². The molecule has 2 aromatic rings. The van der Waals surface area contributed by atoms with Gasteiger partial charge in [-0.3, -0.25) is 14.5 Å². The lowest BCUT2D eigenvalue weighted by Crippen LogP contribution is -2.52. The number of benzene rings is 1. The number of nitrogens with two attached hydrogens (primary N) is 1. The molecule has 1 aromatic heterocycles. The summed E-state index contributed by atoms with van der Waals surface area (Å²) in [5, 5.41) is 3.13. The third-order valence-corrected chi connectivity index (χ3v) is 5.51. The first-order valence-electron chi connectivity index (χ1n) is 9.74. The summed E-state index contributed by atoms with van der Waals surface area (Å²) in [5.74, 6) is -0.0671. The highest BCUT2D eigenvalue weighted by molar-refractivity contribution is 5.95. The summed E-state index contributed by atoms with van der Waals surface area (Å²) in [6, 6.07) is 10.6. The fourth-order valence-corrected chi connectivity index (χ4v) is 3.95. The van der Waals surface area contributed by atoms with E-state index in [4.69, 9.17) is 14.9 Å². The minimum Gasteiger partial charge on any atom is -0.451 e. The standard InChI is InChI=1S/C21H25N3O4/c22-20(25)19-9-8-18(28-19)14-4-6-15(7-5-14)21(26)23-16-12-27-13-17(16)24-10-2-1-3-11-24/h4-9,16-17H,1-3,10-13H2,(H2,22,25)(H,23,26)/t16-,17-/m0/s1. The molecule has 3 N–H and O–H groups in total. The molecule has 2 saturated heterocycles. The minimum absolute atomic E-state index is 0.00785. The topological polar surface area (TPSA) is 97.8 Å². The monoisotopic (exact) mass is 383 g/mol. The average molecular weight is 383 g/mol. The zero-order valence-corrected chi connectivity index (χ0v) is 15.7. The van der Waals surface area contributed by atoms with Crippen molar-refractivity contribution in [3.8, 4) is 11.3 Å². The van der Waals surface area contributed by atoms with Crippen molar-refractivity contribution in [1.82, 2.24) is 10.2 Å². The highest BCUT2D eigenvalue weighted by Gasteiger charge is 2.34. The van der Waals surface area contributed by atoms with Crippen LogP contribution in [0.5, 0.6) is 0 Å². The van der Waals surface area contributed by atoms with Gasteiger partial charge in [0.15, 0.2) is 5.76 Å². The lowest BCUT2D eigenvalue weighted by atomic mass is 10.0. The molecule has 0 unspecified atom stereocenters. The van der Waals surface area contributed by atoms with Crippen molar-refractivity contribution in [3.05, 3.63) is 47.7 Å². The third kappa shape index (κ3) is 3.95. The Labute approximate surface area is 163 Å². The van der Waals surface area contributed by atoms with Crippen LogP contribution in [0.3, 0.4) is 0 Å². The minimum atomic E-state index is -0.607. The van der Waals surface area contributed by atoms with Gasteiger partial charge in [-0.2, -0.15) is 0 Å². The number of likely N-dealkylation sites (tertiary alicyclic amines) is 1. The Bertz CT molecular complexity index is 840. The van der Waals surface area contributed by atoms with Gasteiger partial charge in [0.2, 0.25) is 0 Å². The Kier molecular flexibility index (Phi) is 5.45. The largest absolute Gasteiger partial charge is 0.451 e. The molecule has 0 radical (unpaired) electrons. The van der Waals surface area contributed by atoms with Gasteiger partial charge in [0, 0.05) is 11.1 Å². The van der Waals surface area contributed by atoms with Crippen LogP contribution in [0.25, 0.3) is 11.3 Å². The Morgan fingerprint density at radius 2 is 1.75 bits per heavy atom. The maximum absolute atomic E-state index is 12.7. The van der Waals surface area contributed by atoms with Crippen LogP contribution in [0.15, 0.2) is 40.8 Å². The maximum Gasteiger partial charge on any atom is 0.284 e. The smallest absolute Gasteiger partial charge is 0.284 e. The quantitative estimate of drug-likeness (QED) is 0.823. The van der Waals surface area contributed by atoms with Crippen molar-refractivity contribution in [3.63, 3.8) is 0 Å². The average Bonchev–Trinajstić information content (AvgIpc) is 3.39. The molecule has 4 rings (SSSR count). The summed E-state index contributed by atoms with van der Waals surface area (Å²) in [6.07, 6.45) is 3.70. The fourth-order valence-electron chi connectivity index (χ4n) is 3.95. The molecule has 148 valence electrons. The zero-order valence-electron chi connectivity index (χ0n) is 15.7. The number of nitrogens with zero attached hydrogens (tertiary/aromatic N) is 1. The number of furan rings is 1. The van der Waals surface area contributed by atoms with Gasteiger partial charge in [-0.1, -0.05) is 18.6 Å². The predicted molar refractivity (Wildman–Crippen MR) is 104 cm³/mol. The molecule has 0 saturated carbocycles. The Hall–Kier alpha value is -2.64. The first-order valence-corrected chi connectivity index (χ1v) is 9.74. The third-order valence-electron chi connectivity index (χ3n) is 5.51. The fraction of sp³-hybridized carbons (Fsp3) is 0.429. The van der Waals surface area contributed by atoms with E-state index >= 15 is 0 Å². The van der Waals surface area contributed by atoms with E-state index < -0.39 is 5.91 Å². The first kappa shape index (κ1) is 18.7. The molecule has 2 aliphatic heterocycles. The second kappa shape index (κ2) is 8.16. The van der Waals surface area contributed by atoms with Crippen LogP contribution in [-0.2, 0) is 4.74 Å². The summed E-state index contributed by atoms with van der Waals surface area (Å²) in [5.41, 5.74) is 6.57. The van der Waals surface area contributed by atoms with Gasteiger partial charge in [0.1, 0.15) is 5.76 Å². The number of nitrogens with one attached hydrogen (secondary N) is 1. The van der Waals surface area contributed by atoms with E-state index in [-0.39, 0.29) is 23.8 Å². The SMILES string of the molecule is NC(=O)c1ccc(-c2ccc(C(=O)N[C@H]3COC[C@@H]3N3CCCCC3)cc2)o1. The second-order valence-corrected chi connectivity index (χ2v) is 7.39. The van der Waals surface area contributed by atoms with Crippen LogP contribution in [-0.4, -0.2) is 55.1 Å². The first-order chi connectivity index (χ1) is 13.6. The molecule has 2 fully saturated rings. The molecule has 2 aliphatic rings. The van der Waals surface area contributed by atoms with Gasteiger partial charge in [0.25, 0.3) is 11.8 Å². The lowest BCUT2D eigenvalue weighted by molar-refractivity contribution is 0.0899. The Balaban J connectivity index is 1.41. The van der Waals surface area contributed by atoms with Crippen molar-refractivity contribution in [2.75, 3.05) is 26.3 Å². The van der Waals surface area contributed by atoms with Crippen LogP contribution >= 0.6 is 0 Å². The molecule has 28 heavy (non-hydrogen) atoms. The van der Waals surface area contributed by atoms with Gasteiger partial charge in [-0.05, 0) is 50.2 Å². The van der Waals surface area contributed by atoms with Gasteiger partial charge in [0.05, 0.1) is 25.3 Å². The molecular weight excluding hydrogens is 358 g/mol. The summed E-state index contributed by atoms with van der Waals surface area (Å²) in [4.78, 5) is 26.3. The van der Waals surface area contributed by atoms with Crippen LogP contribution in [0, 0.1) is 0 Å². The summed E-state index contributed by atoms with van der Waals surface area (Å²) < 4.78 is 11.1. The molecule has 0 spiro atoms. The van der Waals surface area contributed by atoms with Crippen molar-refractivity contribution in [2.24, 2.45) is 5.73 Å². The van der Waals surface area contributed by atoms with Crippen LogP contribution in [0.1, 0.15) is 40.2 Å². The van der Waals surface area contributed by atoms with Crippen LogP contribution in [0.2, 0.25) is 0 Å². The number of amides is 2. The van der Waals surface area contributed by atoms with Crippen molar-refractivity contribution in [1.29, 1.82) is 0 Å². The van der Waals surface area contributed by atoms with Gasteiger partial charge in [-0.25, -0.2) is 0 Å². The Morgan fingerprint density at radius 3 is 2.43 bits per heavy atom. The number of hydrogen-bond acceptors (Lipinski definition) is 5. The lowest BCUT2D eigenvalue weighted by Gasteiger charge is -2.34. The molecule has 1 aromatic carbocycles. The number of carbonyl (C=O) groups excluding carboxylic acids is 2. The molecule has 3 heterocycles. The normalized spacial score (nSPS) is 22.9. The molecule has 2 atom stereocenters. The molecule has 7 heteroatoms. The molecular formula is C21H25N3O4. The number of rotatable bonds is 5. The Morgan fingerprint density at radius 1 is 1.00 bits per heavy atom. The molecule has 7 nitrogen and oxygen atoms in total. The number of ether oxygens (including phenoxy) is 1. The van der Waals surface area contributed by atoms with E-state index in [1.807, 2.05) is 0 Å². The number of carbonyl (C=O) groups is 2. The van der Waals surface area contributed by atoms with Crippen molar-refractivity contribution < 1.29 is 18.7 Å². The highest BCUT2D eigenvalue weighted by Crippen LogP contribution is 2.23. The van der Waals surface area contributed by atoms with Crippen molar-refractivity contribution in [2.45, 2.75) is 31.3 Å². The number of hydrogen-bond donors (Lipinski definition) is 2. The highest BCUT2D eigenvalue weighted by atomic mass is 16.5.